The lowest BCUT2D eigenvalue weighted by Gasteiger charge is -2.20. The molecule has 3 heterocycles. The van der Waals surface area contributed by atoms with E-state index >= 15 is 0 Å². The maximum absolute atomic E-state index is 12.1. The summed E-state index contributed by atoms with van der Waals surface area (Å²) >= 11 is 0. The van der Waals surface area contributed by atoms with E-state index in [2.05, 4.69) is 57.8 Å². The molecule has 0 radical (unpaired) electrons. The van der Waals surface area contributed by atoms with E-state index in [-0.39, 0.29) is 0 Å². The highest BCUT2D eigenvalue weighted by atomic mass is 16.6. The summed E-state index contributed by atoms with van der Waals surface area (Å²) in [5.74, 6) is 1.46. The molecule has 2 N–H and O–H groups in total. The highest BCUT2D eigenvalue weighted by molar-refractivity contribution is 5.85. The molecule has 1 amide bonds. The van der Waals surface area contributed by atoms with Gasteiger partial charge in [-0.05, 0) is 50.8 Å². The van der Waals surface area contributed by atoms with Crippen LogP contribution in [0.5, 0.6) is 0 Å². The fourth-order valence-corrected chi connectivity index (χ4v) is 4.67. The largest absolute Gasteiger partial charge is 0.444 e. The quantitative estimate of drug-likeness (QED) is 0.336. The Morgan fingerprint density at radius 3 is 2.63 bits per heavy atom. The number of nitrogens with zero attached hydrogens (tertiary/aromatic N) is 3. The molecule has 0 saturated carbocycles. The van der Waals surface area contributed by atoms with Gasteiger partial charge in [-0.3, -0.25) is 4.57 Å². The van der Waals surface area contributed by atoms with E-state index in [0.29, 0.717) is 32.1 Å². The van der Waals surface area contributed by atoms with E-state index in [0.717, 1.165) is 52.9 Å². The number of anilines is 1. The average Bonchev–Trinajstić information content (AvgIpc) is 3.27. The van der Waals surface area contributed by atoms with Crippen molar-refractivity contribution in [2.24, 2.45) is 0 Å². The second-order valence-corrected chi connectivity index (χ2v) is 10.5. The molecule has 1 aliphatic heterocycles. The molecule has 8 heteroatoms. The molecule has 8 nitrogen and oxygen atoms in total. The summed E-state index contributed by atoms with van der Waals surface area (Å²) in [6, 6.07) is 18.6. The zero-order valence-electron chi connectivity index (χ0n) is 22.3. The monoisotopic (exact) mass is 513 g/mol. The maximum Gasteiger partial charge on any atom is 0.407 e. The van der Waals surface area contributed by atoms with Crippen LogP contribution >= 0.6 is 0 Å². The number of fused-ring (bicyclic) bond motifs is 2. The summed E-state index contributed by atoms with van der Waals surface area (Å²) in [5, 5.41) is 7.52. The van der Waals surface area contributed by atoms with Crippen LogP contribution in [-0.4, -0.2) is 45.9 Å². The van der Waals surface area contributed by atoms with Crippen molar-refractivity contribution in [1.82, 2.24) is 19.9 Å². The molecule has 0 saturated heterocycles. The molecule has 0 bridgehead atoms. The third kappa shape index (κ3) is 6.14. The molecule has 0 fully saturated rings. The lowest BCUT2D eigenvalue weighted by Crippen LogP contribution is -2.33. The number of ether oxygens (including phenoxy) is 2. The molecule has 38 heavy (non-hydrogen) atoms. The van der Waals surface area contributed by atoms with Gasteiger partial charge in [0.2, 0.25) is 5.95 Å². The predicted octanol–water partition coefficient (Wildman–Crippen LogP) is 5.22. The Morgan fingerprint density at radius 1 is 1.03 bits per heavy atom. The van der Waals surface area contributed by atoms with E-state index in [4.69, 9.17) is 19.4 Å². The first-order chi connectivity index (χ1) is 18.4. The zero-order chi connectivity index (χ0) is 26.5. The fraction of sp³-hybridized carbons (Fsp3) is 0.367. The van der Waals surface area contributed by atoms with E-state index in [1.54, 1.807) is 0 Å². The van der Waals surface area contributed by atoms with Crippen molar-refractivity contribution < 1.29 is 14.3 Å². The van der Waals surface area contributed by atoms with Crippen LogP contribution in [0.3, 0.4) is 0 Å². The second kappa shape index (κ2) is 11.2. The van der Waals surface area contributed by atoms with Crippen LogP contribution in [0.2, 0.25) is 0 Å². The summed E-state index contributed by atoms with van der Waals surface area (Å²) in [4.78, 5) is 22.0. The van der Waals surface area contributed by atoms with Crippen LogP contribution in [0, 0.1) is 0 Å². The van der Waals surface area contributed by atoms with Crippen molar-refractivity contribution >= 4 is 22.8 Å². The molecule has 0 aliphatic carbocycles. The predicted molar refractivity (Wildman–Crippen MR) is 149 cm³/mol. The summed E-state index contributed by atoms with van der Waals surface area (Å²) in [5.41, 5.74) is 4.95. The Morgan fingerprint density at radius 2 is 1.82 bits per heavy atom. The highest BCUT2D eigenvalue weighted by Gasteiger charge is 2.21. The SMILES string of the molecule is CC(C)(C)OC(=O)NCCc1cn(-c2nc3c(c(NCCc4ccccc4)n2)COCC3)c2ccccc12. The molecular formula is C30H35N5O3. The maximum atomic E-state index is 12.1. The first-order valence-electron chi connectivity index (χ1n) is 13.2. The lowest BCUT2D eigenvalue weighted by molar-refractivity contribution is 0.0528. The number of carbonyl (C=O) groups is 1. The molecule has 5 rings (SSSR count). The van der Waals surface area contributed by atoms with E-state index < -0.39 is 11.7 Å². The van der Waals surface area contributed by atoms with E-state index in [1.165, 1.54) is 5.56 Å². The Kier molecular flexibility index (Phi) is 7.60. The van der Waals surface area contributed by atoms with Crippen LogP contribution in [0.15, 0.2) is 60.8 Å². The molecule has 198 valence electrons. The average molecular weight is 514 g/mol. The number of rotatable bonds is 8. The molecule has 2 aromatic carbocycles. The van der Waals surface area contributed by atoms with Crippen molar-refractivity contribution in [3.8, 4) is 5.95 Å². The standard InChI is InChI=1S/C30H35N5O3/c1-30(2,3)38-29(36)32-17-14-22-19-35(26-12-8-7-11-23(22)26)28-33-25-15-18-37-20-24(25)27(34-28)31-16-13-21-9-5-4-6-10-21/h4-12,19H,13-18,20H2,1-3H3,(H,32,36)(H,31,33,34). The topological polar surface area (TPSA) is 90.3 Å². The van der Waals surface area contributed by atoms with Crippen molar-refractivity contribution in [2.45, 2.75) is 52.2 Å². The minimum absolute atomic E-state index is 0.410. The number of benzene rings is 2. The number of hydrogen-bond acceptors (Lipinski definition) is 6. The van der Waals surface area contributed by atoms with Crippen LogP contribution in [0.4, 0.5) is 10.6 Å². The number of carbonyl (C=O) groups excluding carboxylic acids is 1. The number of aromatic nitrogens is 3. The smallest absolute Gasteiger partial charge is 0.407 e. The van der Waals surface area contributed by atoms with Gasteiger partial charge in [-0.25, -0.2) is 9.78 Å². The van der Waals surface area contributed by atoms with Gasteiger partial charge in [-0.1, -0.05) is 48.5 Å². The van der Waals surface area contributed by atoms with Crippen LogP contribution in [-0.2, 0) is 35.3 Å². The molecule has 1 aliphatic rings. The van der Waals surface area contributed by atoms with Gasteiger partial charge in [0.1, 0.15) is 11.4 Å². The number of hydrogen-bond donors (Lipinski definition) is 2. The normalized spacial score (nSPS) is 13.2. The van der Waals surface area contributed by atoms with Gasteiger partial charge in [-0.15, -0.1) is 0 Å². The van der Waals surface area contributed by atoms with Gasteiger partial charge in [0, 0.05) is 36.7 Å². The van der Waals surface area contributed by atoms with Gasteiger partial charge >= 0.3 is 6.09 Å². The van der Waals surface area contributed by atoms with E-state index in [1.807, 2.05) is 39.0 Å². The van der Waals surface area contributed by atoms with E-state index in [9.17, 15) is 4.79 Å². The molecule has 4 aromatic rings. The van der Waals surface area contributed by atoms with Gasteiger partial charge in [0.05, 0.1) is 24.4 Å². The van der Waals surface area contributed by atoms with Crippen LogP contribution < -0.4 is 10.6 Å². The second-order valence-electron chi connectivity index (χ2n) is 10.5. The molecule has 0 unspecified atom stereocenters. The number of para-hydroxylation sites is 1. The summed E-state index contributed by atoms with van der Waals surface area (Å²) in [7, 11) is 0. The fourth-order valence-electron chi connectivity index (χ4n) is 4.67. The summed E-state index contributed by atoms with van der Waals surface area (Å²) in [6.07, 6.45) is 3.98. The van der Waals surface area contributed by atoms with Gasteiger partial charge < -0.3 is 20.1 Å². The minimum Gasteiger partial charge on any atom is -0.444 e. The third-order valence-electron chi connectivity index (χ3n) is 6.43. The Balaban J connectivity index is 1.40. The van der Waals surface area contributed by atoms with Crippen LogP contribution in [0.1, 0.15) is 43.2 Å². The lowest BCUT2D eigenvalue weighted by atomic mass is 10.1. The molecule has 0 atom stereocenters. The summed E-state index contributed by atoms with van der Waals surface area (Å²) in [6.45, 7) is 7.97. The summed E-state index contributed by atoms with van der Waals surface area (Å²) < 4.78 is 13.2. The number of nitrogens with one attached hydrogen (secondary N) is 2. The number of amides is 1. The Bertz CT molecular complexity index is 1410. The van der Waals surface area contributed by atoms with Crippen molar-refractivity contribution in [1.29, 1.82) is 0 Å². The van der Waals surface area contributed by atoms with Crippen molar-refractivity contribution in [2.75, 3.05) is 25.0 Å². The third-order valence-corrected chi connectivity index (χ3v) is 6.43. The number of alkyl carbamates (subject to hydrolysis) is 1. The van der Waals surface area contributed by atoms with Crippen molar-refractivity contribution in [3.05, 3.63) is 83.2 Å². The Hall–Kier alpha value is -3.91. The molecular weight excluding hydrogens is 478 g/mol. The first kappa shape index (κ1) is 25.7. The van der Waals surface area contributed by atoms with Gasteiger partial charge in [0.15, 0.2) is 0 Å². The molecule has 0 spiro atoms. The molecule has 2 aromatic heterocycles. The Labute approximate surface area is 223 Å². The zero-order valence-corrected chi connectivity index (χ0v) is 22.3. The minimum atomic E-state index is -0.526. The van der Waals surface area contributed by atoms with Gasteiger partial charge in [0.25, 0.3) is 0 Å². The highest BCUT2D eigenvalue weighted by Crippen LogP contribution is 2.28. The van der Waals surface area contributed by atoms with Crippen molar-refractivity contribution in [3.63, 3.8) is 0 Å². The van der Waals surface area contributed by atoms with Gasteiger partial charge in [-0.2, -0.15) is 4.98 Å². The first-order valence-corrected chi connectivity index (χ1v) is 13.2. The van der Waals surface area contributed by atoms with Crippen LogP contribution in [0.25, 0.3) is 16.9 Å².